The van der Waals surface area contributed by atoms with Gasteiger partial charge in [-0.25, -0.2) is 0 Å². The Hall–Kier alpha value is -1.10. The Labute approximate surface area is 127 Å². The molecule has 0 saturated heterocycles. The lowest BCUT2D eigenvalue weighted by Crippen LogP contribution is -2.47. The highest BCUT2D eigenvalue weighted by Crippen LogP contribution is 2.34. The van der Waals surface area contributed by atoms with Crippen molar-refractivity contribution in [2.75, 3.05) is 20.1 Å². The smallest absolute Gasteiger partial charge is 0.237 e. The number of nitrogens with one attached hydrogen (secondary N) is 1. The zero-order valence-corrected chi connectivity index (χ0v) is 13.0. The molecule has 0 aliphatic heterocycles. The van der Waals surface area contributed by atoms with Crippen molar-refractivity contribution >= 4 is 11.8 Å². The van der Waals surface area contributed by atoms with Crippen LogP contribution in [-0.4, -0.2) is 59.9 Å². The molecule has 0 unspecified atom stereocenters. The quantitative estimate of drug-likeness (QED) is 0.765. The first-order valence-corrected chi connectivity index (χ1v) is 8.42. The van der Waals surface area contributed by atoms with Gasteiger partial charge in [-0.2, -0.15) is 0 Å². The molecule has 118 valence electrons. The van der Waals surface area contributed by atoms with Crippen LogP contribution in [0.25, 0.3) is 0 Å². The molecule has 1 N–H and O–H groups in total. The fraction of sp³-hybridized carbons (Fsp3) is 0.875. The molecule has 3 aliphatic rings. The highest BCUT2D eigenvalue weighted by atomic mass is 16.2. The highest BCUT2D eigenvalue weighted by molar-refractivity contribution is 5.82. The molecule has 0 aromatic rings. The molecular formula is C16H27N3O2. The van der Waals surface area contributed by atoms with Crippen LogP contribution in [0, 0.1) is 0 Å². The number of rotatable bonds is 7. The van der Waals surface area contributed by atoms with E-state index in [1.165, 1.54) is 12.8 Å². The van der Waals surface area contributed by atoms with E-state index >= 15 is 0 Å². The van der Waals surface area contributed by atoms with E-state index < -0.39 is 0 Å². The Morgan fingerprint density at radius 2 is 1.57 bits per heavy atom. The first-order chi connectivity index (χ1) is 10.1. The fourth-order valence-corrected chi connectivity index (χ4v) is 3.36. The van der Waals surface area contributed by atoms with Gasteiger partial charge in [0.15, 0.2) is 0 Å². The summed E-state index contributed by atoms with van der Waals surface area (Å²) in [5, 5.41) is 2.97. The first kappa shape index (κ1) is 14.8. The Bertz CT molecular complexity index is 398. The summed E-state index contributed by atoms with van der Waals surface area (Å²) >= 11 is 0. The van der Waals surface area contributed by atoms with E-state index in [-0.39, 0.29) is 11.8 Å². The van der Waals surface area contributed by atoms with E-state index in [1.807, 2.05) is 11.9 Å². The van der Waals surface area contributed by atoms with Crippen molar-refractivity contribution in [2.45, 2.75) is 69.5 Å². The van der Waals surface area contributed by atoms with Crippen LogP contribution >= 0.6 is 0 Å². The highest BCUT2D eigenvalue weighted by Gasteiger charge is 2.38. The van der Waals surface area contributed by atoms with E-state index in [2.05, 4.69) is 10.2 Å². The van der Waals surface area contributed by atoms with E-state index in [0.717, 1.165) is 38.5 Å². The number of likely N-dealkylation sites (N-methyl/N-ethyl adjacent to an activating group) is 1. The maximum absolute atomic E-state index is 12.6. The van der Waals surface area contributed by atoms with Crippen LogP contribution in [0.15, 0.2) is 0 Å². The van der Waals surface area contributed by atoms with Gasteiger partial charge in [-0.1, -0.05) is 12.8 Å². The van der Waals surface area contributed by atoms with Gasteiger partial charge >= 0.3 is 0 Å². The molecule has 0 heterocycles. The number of amides is 2. The lowest BCUT2D eigenvalue weighted by atomic mass is 10.2. The van der Waals surface area contributed by atoms with Gasteiger partial charge in [0.2, 0.25) is 11.8 Å². The van der Waals surface area contributed by atoms with Gasteiger partial charge in [-0.05, 0) is 45.6 Å². The largest absolute Gasteiger partial charge is 0.352 e. The second-order valence-corrected chi connectivity index (χ2v) is 6.98. The third-order valence-electron chi connectivity index (χ3n) is 4.71. The summed E-state index contributed by atoms with van der Waals surface area (Å²) in [6, 6.07) is 1.33. The van der Waals surface area contributed by atoms with Crippen LogP contribution in [0.4, 0.5) is 0 Å². The summed E-state index contributed by atoms with van der Waals surface area (Å²) in [6.07, 6.45) is 9.35. The number of hydrogen-bond acceptors (Lipinski definition) is 3. The van der Waals surface area contributed by atoms with Crippen LogP contribution in [0.2, 0.25) is 0 Å². The van der Waals surface area contributed by atoms with Gasteiger partial charge in [0.1, 0.15) is 0 Å². The molecule has 21 heavy (non-hydrogen) atoms. The monoisotopic (exact) mass is 293 g/mol. The summed E-state index contributed by atoms with van der Waals surface area (Å²) in [4.78, 5) is 28.4. The molecule has 3 aliphatic carbocycles. The summed E-state index contributed by atoms with van der Waals surface area (Å²) < 4.78 is 0. The number of carbonyl (C=O) groups excluding carboxylic acids is 2. The third-order valence-corrected chi connectivity index (χ3v) is 4.71. The summed E-state index contributed by atoms with van der Waals surface area (Å²) in [6.45, 7) is 0.691. The summed E-state index contributed by atoms with van der Waals surface area (Å²) in [5.74, 6) is 0.262. The van der Waals surface area contributed by atoms with Crippen LogP contribution in [-0.2, 0) is 9.59 Å². The molecule has 0 spiro atoms. The average molecular weight is 293 g/mol. The number of carbonyl (C=O) groups is 2. The molecule has 3 rings (SSSR count). The van der Waals surface area contributed by atoms with Gasteiger partial charge in [0.05, 0.1) is 13.1 Å². The Morgan fingerprint density at radius 3 is 2.14 bits per heavy atom. The second kappa shape index (κ2) is 6.34. The van der Waals surface area contributed by atoms with Crippen molar-refractivity contribution in [1.29, 1.82) is 0 Å². The average Bonchev–Trinajstić information content (AvgIpc) is 3.32. The molecule has 0 aromatic carbocycles. The van der Waals surface area contributed by atoms with Crippen LogP contribution in [0.1, 0.15) is 51.4 Å². The van der Waals surface area contributed by atoms with Gasteiger partial charge in [0.25, 0.3) is 0 Å². The summed E-state index contributed by atoms with van der Waals surface area (Å²) in [7, 11) is 1.87. The normalized spacial score (nSPS) is 22.6. The van der Waals surface area contributed by atoms with Crippen molar-refractivity contribution < 1.29 is 9.59 Å². The lowest BCUT2D eigenvalue weighted by molar-refractivity contribution is -0.135. The van der Waals surface area contributed by atoms with E-state index in [9.17, 15) is 9.59 Å². The van der Waals surface area contributed by atoms with Crippen molar-refractivity contribution in [3.63, 3.8) is 0 Å². The molecule has 0 radical (unpaired) electrons. The number of nitrogens with zero attached hydrogens (tertiary/aromatic N) is 2. The second-order valence-electron chi connectivity index (χ2n) is 6.98. The van der Waals surface area contributed by atoms with Crippen molar-refractivity contribution in [3.05, 3.63) is 0 Å². The molecule has 2 amide bonds. The van der Waals surface area contributed by atoms with Gasteiger partial charge in [-0.3, -0.25) is 14.5 Å². The maximum atomic E-state index is 12.6. The number of hydrogen-bond donors (Lipinski definition) is 1. The SMILES string of the molecule is CN(CC(=O)NC1CC1)CC(=O)N(C1CCCC1)C1CC1. The van der Waals surface area contributed by atoms with E-state index in [1.54, 1.807) is 0 Å². The third kappa shape index (κ3) is 4.19. The Kier molecular flexibility index (Phi) is 4.48. The standard InChI is InChI=1S/C16H27N3O2/c1-18(10-15(20)17-12-6-7-12)11-16(21)19(14-8-9-14)13-4-2-3-5-13/h12-14H,2-11H2,1H3,(H,17,20). The zero-order valence-electron chi connectivity index (χ0n) is 13.0. The molecular weight excluding hydrogens is 266 g/mol. The van der Waals surface area contributed by atoms with Gasteiger partial charge < -0.3 is 10.2 Å². The fourth-order valence-electron chi connectivity index (χ4n) is 3.36. The predicted octanol–water partition coefficient (Wildman–Crippen LogP) is 1.13. The maximum Gasteiger partial charge on any atom is 0.237 e. The summed E-state index contributed by atoms with van der Waals surface area (Å²) in [5.41, 5.74) is 0. The van der Waals surface area contributed by atoms with Crippen LogP contribution in [0.5, 0.6) is 0 Å². The minimum absolute atomic E-state index is 0.0478. The zero-order chi connectivity index (χ0) is 14.8. The molecule has 0 aromatic heterocycles. The predicted molar refractivity (Wildman–Crippen MR) is 80.8 cm³/mol. The van der Waals surface area contributed by atoms with Crippen molar-refractivity contribution in [2.24, 2.45) is 0 Å². The molecule has 5 nitrogen and oxygen atoms in total. The Balaban J connectivity index is 1.47. The minimum atomic E-state index is 0.0478. The molecule has 0 atom stereocenters. The minimum Gasteiger partial charge on any atom is -0.352 e. The molecule has 0 bridgehead atoms. The first-order valence-electron chi connectivity index (χ1n) is 8.42. The molecule has 5 heteroatoms. The van der Waals surface area contributed by atoms with Crippen molar-refractivity contribution in [1.82, 2.24) is 15.1 Å². The van der Waals surface area contributed by atoms with E-state index in [0.29, 0.717) is 31.2 Å². The Morgan fingerprint density at radius 1 is 0.952 bits per heavy atom. The van der Waals surface area contributed by atoms with Crippen LogP contribution in [0.3, 0.4) is 0 Å². The van der Waals surface area contributed by atoms with E-state index in [4.69, 9.17) is 0 Å². The molecule has 3 fully saturated rings. The van der Waals surface area contributed by atoms with Gasteiger partial charge in [0, 0.05) is 18.1 Å². The van der Waals surface area contributed by atoms with Crippen molar-refractivity contribution in [3.8, 4) is 0 Å². The van der Waals surface area contributed by atoms with Gasteiger partial charge in [-0.15, -0.1) is 0 Å². The van der Waals surface area contributed by atoms with Crippen LogP contribution < -0.4 is 5.32 Å². The molecule has 3 saturated carbocycles. The topological polar surface area (TPSA) is 52.7 Å². The lowest BCUT2D eigenvalue weighted by Gasteiger charge is -2.30.